The fourth-order valence-electron chi connectivity index (χ4n) is 2.76. The first-order valence-electron chi connectivity index (χ1n) is 7.85. The minimum absolute atomic E-state index is 0.0647. The molecule has 4 nitrogen and oxygen atoms in total. The summed E-state index contributed by atoms with van der Waals surface area (Å²) in [5.41, 5.74) is 2.13. The Morgan fingerprint density at radius 3 is 2.68 bits per heavy atom. The quantitative estimate of drug-likeness (QED) is 0.848. The summed E-state index contributed by atoms with van der Waals surface area (Å²) in [7, 11) is 0. The maximum atomic E-state index is 13.6. The Hall–Kier alpha value is -1.46. The van der Waals surface area contributed by atoms with Crippen LogP contribution in [0.5, 0.6) is 0 Å². The van der Waals surface area contributed by atoms with Gasteiger partial charge in [-0.1, -0.05) is 12.1 Å². The molecule has 1 fully saturated rings. The molecule has 1 aliphatic rings. The highest BCUT2D eigenvalue weighted by atomic mass is 19.1. The number of hydrogen-bond donors (Lipinski definition) is 2. The molecule has 0 radical (unpaired) electrons. The van der Waals surface area contributed by atoms with Crippen molar-refractivity contribution < 1.29 is 13.9 Å². The number of amides is 1. The molecule has 0 saturated carbocycles. The highest BCUT2D eigenvalue weighted by molar-refractivity contribution is 5.78. The summed E-state index contributed by atoms with van der Waals surface area (Å²) in [6.07, 6.45) is 2.38. The van der Waals surface area contributed by atoms with Crippen molar-refractivity contribution in [2.75, 3.05) is 19.7 Å². The van der Waals surface area contributed by atoms with Crippen LogP contribution in [-0.2, 0) is 9.53 Å². The maximum absolute atomic E-state index is 13.6. The van der Waals surface area contributed by atoms with Crippen molar-refractivity contribution in [3.63, 3.8) is 0 Å². The molecule has 5 heteroatoms. The lowest BCUT2D eigenvalue weighted by molar-refractivity contribution is -0.120. The smallest absolute Gasteiger partial charge is 0.234 e. The Labute approximate surface area is 131 Å². The summed E-state index contributed by atoms with van der Waals surface area (Å²) in [4.78, 5) is 11.9. The zero-order valence-corrected chi connectivity index (χ0v) is 13.5. The van der Waals surface area contributed by atoms with Gasteiger partial charge in [0, 0.05) is 13.2 Å². The van der Waals surface area contributed by atoms with E-state index in [1.165, 1.54) is 0 Å². The highest BCUT2D eigenvalue weighted by Gasteiger charge is 2.16. The molecule has 2 N–H and O–H groups in total. The topological polar surface area (TPSA) is 50.4 Å². The lowest BCUT2D eigenvalue weighted by Gasteiger charge is -2.17. The zero-order chi connectivity index (χ0) is 16.1. The summed E-state index contributed by atoms with van der Waals surface area (Å²) in [5, 5.41) is 6.05. The van der Waals surface area contributed by atoms with Crippen molar-refractivity contribution in [1.29, 1.82) is 0 Å². The molecule has 1 saturated heterocycles. The molecular formula is C17H25FN2O2. The van der Waals surface area contributed by atoms with Crippen molar-refractivity contribution in [2.24, 2.45) is 0 Å². The van der Waals surface area contributed by atoms with E-state index in [1.807, 2.05) is 6.92 Å². The Morgan fingerprint density at radius 1 is 1.41 bits per heavy atom. The Morgan fingerprint density at radius 2 is 2.09 bits per heavy atom. The first-order valence-corrected chi connectivity index (χ1v) is 7.85. The summed E-state index contributed by atoms with van der Waals surface area (Å²) in [5.74, 6) is -0.245. The first-order chi connectivity index (χ1) is 10.5. The summed E-state index contributed by atoms with van der Waals surface area (Å²) in [6.45, 7) is 7.18. The second-order valence-electron chi connectivity index (χ2n) is 6.02. The van der Waals surface area contributed by atoms with Gasteiger partial charge in [0.25, 0.3) is 0 Å². The summed E-state index contributed by atoms with van der Waals surface area (Å²) >= 11 is 0. The molecule has 0 aromatic heterocycles. The molecule has 2 atom stereocenters. The number of nitrogens with one attached hydrogen (secondary N) is 2. The number of aryl methyl sites for hydroxylation is 2. The molecule has 0 unspecified atom stereocenters. The van der Waals surface area contributed by atoms with Crippen LogP contribution in [0.15, 0.2) is 12.1 Å². The van der Waals surface area contributed by atoms with Crippen molar-refractivity contribution in [3.05, 3.63) is 34.6 Å². The molecule has 1 aromatic carbocycles. The zero-order valence-electron chi connectivity index (χ0n) is 13.5. The van der Waals surface area contributed by atoms with Gasteiger partial charge in [-0.3, -0.25) is 4.79 Å². The van der Waals surface area contributed by atoms with E-state index in [9.17, 15) is 9.18 Å². The maximum Gasteiger partial charge on any atom is 0.234 e. The number of carbonyl (C=O) groups excluding carboxylic acids is 1. The SMILES string of the molecule is Cc1cc([C@@H](C)NC(=O)CNC[C@@H]2CCCO2)cc(C)c1F. The van der Waals surface area contributed by atoms with Crippen LogP contribution in [0.2, 0.25) is 0 Å². The second kappa shape index (κ2) is 7.70. The molecular weight excluding hydrogens is 283 g/mol. The van der Waals surface area contributed by atoms with Gasteiger partial charge in [0.1, 0.15) is 5.82 Å². The van der Waals surface area contributed by atoms with Gasteiger partial charge in [0.05, 0.1) is 18.7 Å². The molecule has 1 heterocycles. The van der Waals surface area contributed by atoms with E-state index in [-0.39, 0.29) is 30.4 Å². The minimum atomic E-state index is -0.180. The highest BCUT2D eigenvalue weighted by Crippen LogP contribution is 2.19. The molecule has 1 aliphatic heterocycles. The van der Waals surface area contributed by atoms with Gasteiger partial charge < -0.3 is 15.4 Å². The van der Waals surface area contributed by atoms with Gasteiger partial charge in [-0.05, 0) is 50.3 Å². The van der Waals surface area contributed by atoms with E-state index >= 15 is 0 Å². The fraction of sp³-hybridized carbons (Fsp3) is 0.588. The average molecular weight is 308 g/mol. The molecule has 0 bridgehead atoms. The van der Waals surface area contributed by atoms with Crippen LogP contribution in [-0.4, -0.2) is 31.7 Å². The van der Waals surface area contributed by atoms with Crippen LogP contribution in [0.4, 0.5) is 4.39 Å². The Kier molecular flexibility index (Phi) is 5.91. The third kappa shape index (κ3) is 4.52. The van der Waals surface area contributed by atoms with Crippen LogP contribution in [0.25, 0.3) is 0 Å². The average Bonchev–Trinajstić information content (AvgIpc) is 2.97. The van der Waals surface area contributed by atoms with E-state index in [0.29, 0.717) is 17.7 Å². The third-order valence-corrected chi connectivity index (χ3v) is 4.02. The number of benzene rings is 1. The number of halogens is 1. The van der Waals surface area contributed by atoms with Gasteiger partial charge in [-0.15, -0.1) is 0 Å². The number of rotatable bonds is 6. The fourth-order valence-corrected chi connectivity index (χ4v) is 2.76. The molecule has 0 aliphatic carbocycles. The summed E-state index contributed by atoms with van der Waals surface area (Å²) < 4.78 is 19.1. The normalized spacial score (nSPS) is 19.2. The van der Waals surface area contributed by atoms with Gasteiger partial charge in [-0.25, -0.2) is 4.39 Å². The van der Waals surface area contributed by atoms with Gasteiger partial charge >= 0.3 is 0 Å². The predicted molar refractivity (Wildman–Crippen MR) is 84.3 cm³/mol. The largest absolute Gasteiger partial charge is 0.377 e. The molecule has 122 valence electrons. The standard InChI is InChI=1S/C17H25FN2O2/c1-11-7-14(8-12(2)17(11)18)13(3)20-16(21)10-19-9-15-5-4-6-22-15/h7-8,13,15,19H,4-6,9-10H2,1-3H3,(H,20,21)/t13-,15+/m1/s1. The van der Waals surface area contributed by atoms with Crippen LogP contribution in [0.3, 0.4) is 0 Å². The van der Waals surface area contributed by atoms with Gasteiger partial charge in [0.15, 0.2) is 0 Å². The van der Waals surface area contributed by atoms with E-state index in [2.05, 4.69) is 10.6 Å². The molecule has 0 spiro atoms. The summed E-state index contributed by atoms with van der Waals surface area (Å²) in [6, 6.07) is 3.43. The number of ether oxygens (including phenoxy) is 1. The number of carbonyl (C=O) groups is 1. The first kappa shape index (κ1) is 16.9. The minimum Gasteiger partial charge on any atom is -0.377 e. The van der Waals surface area contributed by atoms with E-state index in [0.717, 1.165) is 25.0 Å². The monoisotopic (exact) mass is 308 g/mol. The van der Waals surface area contributed by atoms with E-state index in [4.69, 9.17) is 4.74 Å². The van der Waals surface area contributed by atoms with Gasteiger partial charge in [-0.2, -0.15) is 0 Å². The van der Waals surface area contributed by atoms with Crippen LogP contribution < -0.4 is 10.6 Å². The second-order valence-corrected chi connectivity index (χ2v) is 6.02. The van der Waals surface area contributed by atoms with E-state index < -0.39 is 0 Å². The van der Waals surface area contributed by atoms with Crippen LogP contribution >= 0.6 is 0 Å². The molecule has 2 rings (SSSR count). The lowest BCUT2D eigenvalue weighted by Crippen LogP contribution is -2.38. The molecule has 1 amide bonds. The van der Waals surface area contributed by atoms with E-state index in [1.54, 1.807) is 26.0 Å². The van der Waals surface area contributed by atoms with Crippen molar-refractivity contribution in [2.45, 2.75) is 45.8 Å². The molecule has 22 heavy (non-hydrogen) atoms. The van der Waals surface area contributed by atoms with Gasteiger partial charge in [0.2, 0.25) is 5.91 Å². The van der Waals surface area contributed by atoms with Crippen LogP contribution in [0, 0.1) is 19.7 Å². The van der Waals surface area contributed by atoms with Crippen molar-refractivity contribution in [3.8, 4) is 0 Å². The lowest BCUT2D eigenvalue weighted by atomic mass is 10.0. The number of hydrogen-bond acceptors (Lipinski definition) is 3. The third-order valence-electron chi connectivity index (χ3n) is 4.02. The van der Waals surface area contributed by atoms with Crippen molar-refractivity contribution >= 4 is 5.91 Å². The Bertz CT molecular complexity index is 504. The van der Waals surface area contributed by atoms with Crippen molar-refractivity contribution in [1.82, 2.24) is 10.6 Å². The molecule has 1 aromatic rings. The van der Waals surface area contributed by atoms with Crippen LogP contribution in [0.1, 0.15) is 42.5 Å². The predicted octanol–water partition coefficient (Wildman–Crippen LogP) is 2.39. The Balaban J connectivity index is 1.80.